The SMILES string of the molecule is CN(C)CCCOC(=O)N1C(C)(C)COC1(C)C. The van der Waals surface area contributed by atoms with E-state index in [4.69, 9.17) is 9.47 Å². The average Bonchev–Trinajstić information content (AvgIpc) is 2.42. The molecule has 0 spiro atoms. The Hall–Kier alpha value is -0.810. The number of amides is 1. The summed E-state index contributed by atoms with van der Waals surface area (Å²) >= 11 is 0. The molecule has 1 fully saturated rings. The summed E-state index contributed by atoms with van der Waals surface area (Å²) in [4.78, 5) is 15.9. The number of ether oxygens (including phenoxy) is 2. The molecule has 1 rings (SSSR count). The predicted octanol–water partition coefficient (Wildman–Crippen LogP) is 1.92. The minimum absolute atomic E-state index is 0.291. The molecule has 0 aromatic carbocycles. The van der Waals surface area contributed by atoms with E-state index in [0.29, 0.717) is 13.2 Å². The molecule has 0 aromatic rings. The van der Waals surface area contributed by atoms with Crippen LogP contribution in [-0.2, 0) is 9.47 Å². The number of hydrogen-bond donors (Lipinski definition) is 0. The van der Waals surface area contributed by atoms with E-state index < -0.39 is 5.72 Å². The second-order valence-electron chi connectivity index (χ2n) is 6.15. The summed E-state index contributed by atoms with van der Waals surface area (Å²) in [6.07, 6.45) is 0.551. The molecule has 1 aliphatic heterocycles. The van der Waals surface area contributed by atoms with Gasteiger partial charge >= 0.3 is 6.09 Å². The molecule has 1 heterocycles. The van der Waals surface area contributed by atoms with Crippen molar-refractivity contribution < 1.29 is 14.3 Å². The third-order valence-corrected chi connectivity index (χ3v) is 3.08. The lowest BCUT2D eigenvalue weighted by molar-refractivity contribution is -0.0519. The summed E-state index contributed by atoms with van der Waals surface area (Å²) in [5.74, 6) is 0. The first-order valence-electron chi connectivity index (χ1n) is 6.42. The molecule has 5 heteroatoms. The van der Waals surface area contributed by atoms with Crippen molar-refractivity contribution in [3.8, 4) is 0 Å². The lowest BCUT2D eigenvalue weighted by atomic mass is 10.0. The van der Waals surface area contributed by atoms with Crippen LogP contribution in [0.25, 0.3) is 0 Å². The first-order chi connectivity index (χ1) is 8.17. The molecule has 0 atom stereocenters. The smallest absolute Gasteiger partial charge is 0.412 e. The summed E-state index contributed by atoms with van der Waals surface area (Å²) in [6.45, 7) is 9.65. The van der Waals surface area contributed by atoms with Crippen molar-refractivity contribution in [2.75, 3.05) is 33.9 Å². The largest absolute Gasteiger partial charge is 0.449 e. The molecule has 0 N–H and O–H groups in total. The molecule has 0 bridgehead atoms. The Labute approximate surface area is 110 Å². The van der Waals surface area contributed by atoms with Crippen LogP contribution in [0, 0.1) is 0 Å². The van der Waals surface area contributed by atoms with Gasteiger partial charge in [0.25, 0.3) is 0 Å². The Balaban J connectivity index is 2.50. The first-order valence-corrected chi connectivity index (χ1v) is 6.42. The van der Waals surface area contributed by atoms with Gasteiger partial charge in [0.2, 0.25) is 0 Å². The molecule has 0 saturated carbocycles. The fraction of sp³-hybridized carbons (Fsp3) is 0.923. The maximum atomic E-state index is 12.1. The first kappa shape index (κ1) is 15.2. The Morgan fingerprint density at radius 3 is 2.39 bits per heavy atom. The van der Waals surface area contributed by atoms with E-state index in [9.17, 15) is 4.79 Å². The Bertz CT molecular complexity index is 285. The maximum Gasteiger partial charge on any atom is 0.412 e. The van der Waals surface area contributed by atoms with Crippen molar-refractivity contribution in [1.82, 2.24) is 9.80 Å². The summed E-state index contributed by atoms with van der Waals surface area (Å²) < 4.78 is 11.0. The minimum Gasteiger partial charge on any atom is -0.449 e. The topological polar surface area (TPSA) is 42.0 Å². The molecule has 18 heavy (non-hydrogen) atoms. The van der Waals surface area contributed by atoms with E-state index in [1.54, 1.807) is 4.90 Å². The van der Waals surface area contributed by atoms with Crippen molar-refractivity contribution in [1.29, 1.82) is 0 Å². The van der Waals surface area contributed by atoms with Crippen molar-refractivity contribution in [3.05, 3.63) is 0 Å². The zero-order valence-corrected chi connectivity index (χ0v) is 12.4. The van der Waals surface area contributed by atoms with E-state index >= 15 is 0 Å². The van der Waals surface area contributed by atoms with Gasteiger partial charge < -0.3 is 14.4 Å². The summed E-state index contributed by atoms with van der Waals surface area (Å²) in [6, 6.07) is 0. The van der Waals surface area contributed by atoms with Gasteiger partial charge in [0.1, 0.15) is 5.72 Å². The molecule has 106 valence electrons. The van der Waals surface area contributed by atoms with Gasteiger partial charge in [-0.3, -0.25) is 4.90 Å². The van der Waals surface area contributed by atoms with Crippen LogP contribution in [0.5, 0.6) is 0 Å². The Morgan fingerprint density at radius 2 is 1.94 bits per heavy atom. The summed E-state index contributed by atoms with van der Waals surface area (Å²) in [5.41, 5.74) is -0.912. The van der Waals surface area contributed by atoms with E-state index in [2.05, 4.69) is 4.90 Å². The van der Waals surface area contributed by atoms with Crippen LogP contribution in [0.15, 0.2) is 0 Å². The van der Waals surface area contributed by atoms with Gasteiger partial charge in [0.05, 0.1) is 18.8 Å². The minimum atomic E-state index is -0.595. The van der Waals surface area contributed by atoms with Crippen LogP contribution in [0.1, 0.15) is 34.1 Å². The van der Waals surface area contributed by atoms with Gasteiger partial charge in [-0.2, -0.15) is 0 Å². The molecule has 5 nitrogen and oxygen atoms in total. The highest BCUT2D eigenvalue weighted by atomic mass is 16.6. The van der Waals surface area contributed by atoms with Crippen LogP contribution in [0.3, 0.4) is 0 Å². The molecular formula is C13H26N2O3. The fourth-order valence-corrected chi connectivity index (χ4v) is 2.28. The quantitative estimate of drug-likeness (QED) is 0.723. The van der Waals surface area contributed by atoms with Crippen molar-refractivity contribution in [2.45, 2.75) is 45.4 Å². The van der Waals surface area contributed by atoms with Crippen LogP contribution in [0.2, 0.25) is 0 Å². The van der Waals surface area contributed by atoms with Gasteiger partial charge in [-0.25, -0.2) is 4.79 Å². The zero-order chi connectivity index (χ0) is 14.0. The lowest BCUT2D eigenvalue weighted by Crippen LogP contribution is -2.52. The fourth-order valence-electron chi connectivity index (χ4n) is 2.28. The van der Waals surface area contributed by atoms with Gasteiger partial charge in [0, 0.05) is 6.54 Å². The second kappa shape index (κ2) is 5.45. The summed E-state index contributed by atoms with van der Waals surface area (Å²) in [7, 11) is 4.00. The molecule has 1 saturated heterocycles. The van der Waals surface area contributed by atoms with E-state index in [1.807, 2.05) is 41.8 Å². The second-order valence-corrected chi connectivity index (χ2v) is 6.15. The normalized spacial score (nSPS) is 21.4. The highest BCUT2D eigenvalue weighted by Gasteiger charge is 2.49. The van der Waals surface area contributed by atoms with E-state index in [-0.39, 0.29) is 11.6 Å². The molecule has 1 aliphatic rings. The number of rotatable bonds is 4. The lowest BCUT2D eigenvalue weighted by Gasteiger charge is -2.36. The van der Waals surface area contributed by atoms with Crippen molar-refractivity contribution in [3.63, 3.8) is 0 Å². The van der Waals surface area contributed by atoms with Gasteiger partial charge in [-0.1, -0.05) is 0 Å². The van der Waals surface area contributed by atoms with Crippen LogP contribution in [-0.4, -0.2) is 61.0 Å². The maximum absolute atomic E-state index is 12.1. The Morgan fingerprint density at radius 1 is 1.33 bits per heavy atom. The standard InChI is InChI=1S/C13H26N2O3/c1-12(2)10-18-13(3,4)15(12)11(16)17-9-7-8-14(5)6/h7-10H2,1-6H3. The number of nitrogens with zero attached hydrogens (tertiary/aromatic N) is 2. The van der Waals surface area contributed by atoms with Crippen LogP contribution < -0.4 is 0 Å². The molecule has 0 radical (unpaired) electrons. The van der Waals surface area contributed by atoms with Crippen molar-refractivity contribution in [2.24, 2.45) is 0 Å². The van der Waals surface area contributed by atoms with E-state index in [1.165, 1.54) is 0 Å². The monoisotopic (exact) mass is 258 g/mol. The third-order valence-electron chi connectivity index (χ3n) is 3.08. The third kappa shape index (κ3) is 3.59. The highest BCUT2D eigenvalue weighted by molar-refractivity contribution is 5.69. The van der Waals surface area contributed by atoms with Crippen molar-refractivity contribution >= 4 is 6.09 Å². The van der Waals surface area contributed by atoms with Crippen LogP contribution in [0.4, 0.5) is 4.79 Å². The number of hydrogen-bond acceptors (Lipinski definition) is 4. The van der Waals surface area contributed by atoms with E-state index in [0.717, 1.165) is 13.0 Å². The Kier molecular flexibility index (Phi) is 4.61. The molecule has 0 aromatic heterocycles. The summed E-state index contributed by atoms with van der Waals surface area (Å²) in [5, 5.41) is 0. The van der Waals surface area contributed by atoms with Gasteiger partial charge in [0.15, 0.2) is 0 Å². The number of carbonyl (C=O) groups excluding carboxylic acids is 1. The zero-order valence-electron chi connectivity index (χ0n) is 12.4. The number of carbonyl (C=O) groups is 1. The highest BCUT2D eigenvalue weighted by Crippen LogP contribution is 2.34. The molecular weight excluding hydrogens is 232 g/mol. The molecule has 0 aliphatic carbocycles. The molecule has 1 amide bonds. The average molecular weight is 258 g/mol. The van der Waals surface area contributed by atoms with Crippen LogP contribution >= 0.6 is 0 Å². The molecule has 0 unspecified atom stereocenters. The van der Waals surface area contributed by atoms with Gasteiger partial charge in [-0.15, -0.1) is 0 Å². The predicted molar refractivity (Wildman–Crippen MR) is 70.5 cm³/mol. The van der Waals surface area contributed by atoms with Gasteiger partial charge in [-0.05, 0) is 48.2 Å².